The van der Waals surface area contributed by atoms with Crippen molar-refractivity contribution in [1.82, 2.24) is 4.90 Å². The minimum atomic E-state index is 0.188. The van der Waals surface area contributed by atoms with Crippen LogP contribution in [-0.4, -0.2) is 11.4 Å². The van der Waals surface area contributed by atoms with Crippen LogP contribution < -0.4 is 0 Å². The van der Waals surface area contributed by atoms with E-state index >= 15 is 0 Å². The summed E-state index contributed by atoms with van der Waals surface area (Å²) in [4.78, 5) is 2.27. The molecule has 1 aliphatic heterocycles. The normalized spacial score (nSPS) is 14.1. The van der Waals surface area contributed by atoms with Crippen LogP contribution in [0.1, 0.15) is 59.3 Å². The molecule has 0 aliphatic carbocycles. The molecular weight excluding hydrogens is 258 g/mol. The summed E-state index contributed by atoms with van der Waals surface area (Å²) < 4.78 is 0. The van der Waals surface area contributed by atoms with Crippen molar-refractivity contribution in [3.05, 3.63) is 34.7 Å². The molecule has 3 nitrogen and oxygen atoms in total. The molecule has 0 N–H and O–H groups in total. The average Bonchev–Trinajstić information content (AvgIpc) is 2.46. The highest BCUT2D eigenvalue weighted by atomic mass is 15.1. The summed E-state index contributed by atoms with van der Waals surface area (Å²) in [5.74, 6) is 0. The maximum atomic E-state index is 8.96. The van der Waals surface area contributed by atoms with Gasteiger partial charge in [0.15, 0.2) is 0 Å². The van der Waals surface area contributed by atoms with Gasteiger partial charge in [0.05, 0.1) is 0 Å². The fraction of sp³-hybridized carbons (Fsp3) is 0.556. The highest BCUT2D eigenvalue weighted by molar-refractivity contribution is 5.53. The van der Waals surface area contributed by atoms with Gasteiger partial charge < -0.3 is 4.90 Å². The van der Waals surface area contributed by atoms with Gasteiger partial charge in [-0.3, -0.25) is 0 Å². The quantitative estimate of drug-likeness (QED) is 0.497. The van der Waals surface area contributed by atoms with Crippen LogP contribution in [0.3, 0.4) is 0 Å². The zero-order valence-corrected chi connectivity index (χ0v) is 13.4. The molecule has 0 bridgehead atoms. The van der Waals surface area contributed by atoms with Crippen molar-refractivity contribution in [3.8, 4) is 12.1 Å². The molecule has 0 saturated carbocycles. The van der Waals surface area contributed by atoms with Crippen molar-refractivity contribution < 1.29 is 0 Å². The molecule has 0 amide bonds. The van der Waals surface area contributed by atoms with Gasteiger partial charge in [-0.15, -0.1) is 0 Å². The van der Waals surface area contributed by atoms with Crippen LogP contribution in [-0.2, 0) is 0 Å². The molecule has 3 heteroatoms. The first kappa shape index (κ1) is 17.1. The van der Waals surface area contributed by atoms with E-state index in [1.165, 1.54) is 38.5 Å². The van der Waals surface area contributed by atoms with Gasteiger partial charge in [-0.2, -0.15) is 10.5 Å². The van der Waals surface area contributed by atoms with E-state index in [9.17, 15) is 0 Å². The van der Waals surface area contributed by atoms with Crippen molar-refractivity contribution in [1.29, 1.82) is 10.5 Å². The summed E-state index contributed by atoms with van der Waals surface area (Å²) in [6.45, 7) is 7.33. The third-order valence-electron chi connectivity index (χ3n) is 3.83. The summed E-state index contributed by atoms with van der Waals surface area (Å²) in [7, 11) is 0. The van der Waals surface area contributed by atoms with Crippen LogP contribution in [0, 0.1) is 22.7 Å². The van der Waals surface area contributed by atoms with E-state index in [4.69, 9.17) is 10.5 Å². The van der Waals surface area contributed by atoms with Crippen LogP contribution in [0.4, 0.5) is 0 Å². The lowest BCUT2D eigenvalue weighted by Crippen LogP contribution is -2.23. The number of hydrogen-bond donors (Lipinski definition) is 0. The van der Waals surface area contributed by atoms with E-state index < -0.39 is 0 Å². The predicted octanol–water partition coefficient (Wildman–Crippen LogP) is 4.81. The summed E-state index contributed by atoms with van der Waals surface area (Å²) in [5, 5.41) is 17.9. The van der Waals surface area contributed by atoms with Gasteiger partial charge in [-0.05, 0) is 32.4 Å². The Bertz CT molecular complexity index is 486. The molecule has 0 unspecified atom stereocenters. The van der Waals surface area contributed by atoms with Gasteiger partial charge in [0.2, 0.25) is 0 Å². The van der Waals surface area contributed by atoms with Crippen molar-refractivity contribution in [2.75, 3.05) is 6.54 Å². The van der Waals surface area contributed by atoms with Crippen molar-refractivity contribution in [2.24, 2.45) is 0 Å². The Morgan fingerprint density at radius 1 is 0.952 bits per heavy atom. The molecular formula is C18H25N3. The second kappa shape index (κ2) is 9.03. The van der Waals surface area contributed by atoms with Gasteiger partial charge in [-0.1, -0.05) is 39.0 Å². The molecule has 0 fully saturated rings. The Balaban J connectivity index is 2.59. The highest BCUT2D eigenvalue weighted by Gasteiger charge is 2.15. The summed E-state index contributed by atoms with van der Waals surface area (Å²) >= 11 is 0. The molecule has 1 aliphatic rings. The lowest BCUT2D eigenvalue weighted by Gasteiger charge is -2.29. The predicted molar refractivity (Wildman–Crippen MR) is 85.8 cm³/mol. The molecule has 0 saturated heterocycles. The number of hydrogen-bond acceptors (Lipinski definition) is 3. The van der Waals surface area contributed by atoms with E-state index in [0.29, 0.717) is 0 Å². The van der Waals surface area contributed by atoms with Crippen LogP contribution in [0.15, 0.2) is 34.7 Å². The minimum absolute atomic E-state index is 0.188. The number of nitrogens with zero attached hydrogens (tertiary/aromatic N) is 3. The van der Waals surface area contributed by atoms with Crippen LogP contribution in [0.5, 0.6) is 0 Å². The van der Waals surface area contributed by atoms with Gasteiger partial charge in [0, 0.05) is 23.5 Å². The Labute approximate surface area is 128 Å². The number of rotatable bonds is 7. The fourth-order valence-corrected chi connectivity index (χ4v) is 2.63. The molecule has 1 rings (SSSR count). The van der Waals surface area contributed by atoms with Crippen molar-refractivity contribution >= 4 is 0 Å². The maximum Gasteiger partial charge on any atom is 0.137 e. The monoisotopic (exact) mass is 283 g/mol. The van der Waals surface area contributed by atoms with Gasteiger partial charge in [-0.25, -0.2) is 0 Å². The number of nitriles is 2. The third kappa shape index (κ3) is 5.12. The first-order valence-corrected chi connectivity index (χ1v) is 7.82. The zero-order valence-electron chi connectivity index (χ0n) is 13.4. The lowest BCUT2D eigenvalue weighted by molar-refractivity contribution is 0.403. The average molecular weight is 283 g/mol. The largest absolute Gasteiger partial charge is 0.349 e. The van der Waals surface area contributed by atoms with Crippen LogP contribution in [0.2, 0.25) is 0 Å². The van der Waals surface area contributed by atoms with E-state index in [1.807, 2.05) is 38.1 Å². The molecule has 112 valence electrons. The smallest absolute Gasteiger partial charge is 0.137 e. The second-order valence-electron chi connectivity index (χ2n) is 5.54. The zero-order chi connectivity index (χ0) is 15.7. The second-order valence-corrected chi connectivity index (χ2v) is 5.54. The van der Waals surface area contributed by atoms with Gasteiger partial charge in [0.1, 0.15) is 17.7 Å². The summed E-state index contributed by atoms with van der Waals surface area (Å²) in [5.41, 5.74) is 3.14. The molecule has 0 atom stereocenters. The van der Waals surface area contributed by atoms with E-state index in [1.54, 1.807) is 0 Å². The Morgan fingerprint density at radius 3 is 2.00 bits per heavy atom. The first-order valence-electron chi connectivity index (χ1n) is 7.82. The highest BCUT2D eigenvalue weighted by Crippen LogP contribution is 2.25. The number of allylic oxidation sites excluding steroid dienone is 6. The Kier molecular flexibility index (Phi) is 7.33. The van der Waals surface area contributed by atoms with Gasteiger partial charge >= 0.3 is 0 Å². The molecule has 0 spiro atoms. The fourth-order valence-electron chi connectivity index (χ4n) is 2.63. The standard InChI is InChI=1S/C18H25N3/c1-4-5-6-7-8-9-10-21-15(2)11-17(12-16(21)3)18(13-19)14-20/h11-12H,4-10H2,1-3H3. The minimum Gasteiger partial charge on any atom is -0.349 e. The topological polar surface area (TPSA) is 50.8 Å². The summed E-state index contributed by atoms with van der Waals surface area (Å²) in [6.07, 6.45) is 11.6. The summed E-state index contributed by atoms with van der Waals surface area (Å²) in [6, 6.07) is 3.92. The molecule has 0 radical (unpaired) electrons. The van der Waals surface area contributed by atoms with E-state index in [0.717, 1.165) is 23.5 Å². The van der Waals surface area contributed by atoms with E-state index in [2.05, 4.69) is 11.8 Å². The maximum absolute atomic E-state index is 8.96. The molecule has 0 aromatic heterocycles. The lowest BCUT2D eigenvalue weighted by atomic mass is 10.0. The SMILES string of the molecule is CCCCCCCCN1C(C)=CC(=C(C#N)C#N)C=C1C. The molecule has 21 heavy (non-hydrogen) atoms. The first-order chi connectivity index (χ1) is 10.1. The van der Waals surface area contributed by atoms with Crippen LogP contribution in [0.25, 0.3) is 0 Å². The molecule has 0 aromatic carbocycles. The number of unbranched alkanes of at least 4 members (excludes halogenated alkanes) is 5. The third-order valence-corrected chi connectivity index (χ3v) is 3.83. The Hall–Kier alpha value is -2.00. The Morgan fingerprint density at radius 2 is 1.48 bits per heavy atom. The van der Waals surface area contributed by atoms with Crippen LogP contribution >= 0.6 is 0 Å². The van der Waals surface area contributed by atoms with Crippen molar-refractivity contribution in [3.63, 3.8) is 0 Å². The van der Waals surface area contributed by atoms with Crippen molar-refractivity contribution in [2.45, 2.75) is 59.3 Å². The molecule has 1 heterocycles. The molecule has 0 aromatic rings. The van der Waals surface area contributed by atoms with Gasteiger partial charge in [0.25, 0.3) is 0 Å². The van der Waals surface area contributed by atoms with E-state index in [-0.39, 0.29) is 5.57 Å².